The van der Waals surface area contributed by atoms with Crippen molar-refractivity contribution in [1.29, 1.82) is 0 Å². The van der Waals surface area contributed by atoms with Gasteiger partial charge in [0.05, 0.1) is 6.10 Å². The van der Waals surface area contributed by atoms with Crippen LogP contribution >= 0.6 is 0 Å². The molecule has 0 aromatic rings. The van der Waals surface area contributed by atoms with Crippen LogP contribution in [0.1, 0.15) is 43.4 Å². The first kappa shape index (κ1) is 16.9. The molecule has 0 aromatic heterocycles. The first-order chi connectivity index (χ1) is 8.43. The van der Waals surface area contributed by atoms with Crippen LogP contribution in [0.25, 0.3) is 0 Å². The molecule has 0 bridgehead atoms. The summed E-state index contributed by atoms with van der Waals surface area (Å²) in [6.07, 6.45) is 1.79. The van der Waals surface area contributed by atoms with Gasteiger partial charge in [0.2, 0.25) is 11.8 Å². The van der Waals surface area contributed by atoms with Crippen LogP contribution in [-0.2, 0) is 14.3 Å². The van der Waals surface area contributed by atoms with Crippen LogP contribution < -0.4 is 10.6 Å². The number of amides is 2. The molecular formula is C13H30N2O3. The van der Waals surface area contributed by atoms with E-state index in [0.29, 0.717) is 13.1 Å². The molecule has 0 spiro atoms. The Morgan fingerprint density at radius 3 is 2.11 bits per heavy atom. The predicted octanol–water partition coefficient (Wildman–Crippen LogP) is 1.57. The lowest BCUT2D eigenvalue weighted by Gasteiger charge is -2.09. The molecule has 2 amide bonds. The van der Waals surface area contributed by atoms with E-state index in [2.05, 4.69) is 10.6 Å². The number of carbonyl (C=O) groups is 2. The predicted molar refractivity (Wildman–Crippen MR) is 75.4 cm³/mol. The highest BCUT2D eigenvalue weighted by Gasteiger charge is 2.05. The number of hydrogen-bond donors (Lipinski definition) is 2. The zero-order chi connectivity index (χ0) is 14.0. The van der Waals surface area contributed by atoms with Crippen LogP contribution in [-0.4, -0.2) is 37.6 Å². The van der Waals surface area contributed by atoms with E-state index in [1.54, 1.807) is 0 Å². The van der Waals surface area contributed by atoms with Gasteiger partial charge in [0.25, 0.3) is 0 Å². The second-order valence-corrected chi connectivity index (χ2v) is 4.86. The summed E-state index contributed by atoms with van der Waals surface area (Å²) in [4.78, 5) is 22.5. The van der Waals surface area contributed by atoms with Crippen molar-refractivity contribution in [1.82, 2.24) is 10.6 Å². The molecule has 0 atom stereocenters. The Hall–Kier alpha value is -1.10. The number of hydrogen-bond acceptors (Lipinski definition) is 3. The van der Waals surface area contributed by atoms with Gasteiger partial charge >= 0.3 is 0 Å². The number of unbranched alkanes of at least 4 members (excludes halogenated alkanes) is 1. The zero-order valence-corrected chi connectivity index (χ0v) is 11.9. The molecule has 0 heterocycles. The van der Waals surface area contributed by atoms with Crippen molar-refractivity contribution in [3.63, 3.8) is 0 Å². The van der Waals surface area contributed by atoms with E-state index in [9.17, 15) is 9.59 Å². The molecular weight excluding hydrogens is 232 g/mol. The summed E-state index contributed by atoms with van der Waals surface area (Å²) in [5.74, 6) is 0.0113. The van der Waals surface area contributed by atoms with Crippen LogP contribution in [0.2, 0.25) is 0 Å². The molecule has 0 radical (unpaired) electrons. The summed E-state index contributed by atoms with van der Waals surface area (Å²) in [6.45, 7) is 8.92. The summed E-state index contributed by atoms with van der Waals surface area (Å²) >= 11 is 0. The average molecular weight is 262 g/mol. The smallest absolute Gasteiger partial charge is 0.246 e. The number of ether oxygens (including phenoxy) is 1. The van der Waals surface area contributed by atoms with Crippen molar-refractivity contribution < 1.29 is 17.2 Å². The van der Waals surface area contributed by atoms with Crippen LogP contribution in [0.4, 0.5) is 0 Å². The molecule has 0 fully saturated rings. The van der Waals surface area contributed by atoms with E-state index in [4.69, 9.17) is 4.74 Å². The first-order valence-electron chi connectivity index (χ1n) is 6.59. The fraction of sp³-hybridized carbons (Fsp3) is 0.846. The van der Waals surface area contributed by atoms with Gasteiger partial charge in [0.15, 0.2) is 0 Å². The van der Waals surface area contributed by atoms with Gasteiger partial charge in [-0.25, -0.2) is 0 Å². The van der Waals surface area contributed by atoms with Gasteiger partial charge in [0, 0.05) is 21.9 Å². The SMILES string of the molecule is CC(C)OCC(=O)NCCCCNC(=O)C(C)C.[HH].[HH]. The van der Waals surface area contributed by atoms with Crippen molar-refractivity contribution in [3.8, 4) is 0 Å². The van der Waals surface area contributed by atoms with E-state index in [1.165, 1.54) is 0 Å². The molecule has 110 valence electrons. The zero-order valence-electron chi connectivity index (χ0n) is 11.9. The van der Waals surface area contributed by atoms with Crippen LogP contribution in [0, 0.1) is 5.92 Å². The highest BCUT2D eigenvalue weighted by molar-refractivity contribution is 5.77. The topological polar surface area (TPSA) is 67.4 Å². The maximum absolute atomic E-state index is 11.3. The van der Waals surface area contributed by atoms with Gasteiger partial charge in [-0.05, 0) is 26.7 Å². The van der Waals surface area contributed by atoms with Crippen LogP contribution in [0.3, 0.4) is 0 Å². The number of rotatable bonds is 9. The van der Waals surface area contributed by atoms with Crippen molar-refractivity contribution in [2.75, 3.05) is 19.7 Å². The maximum atomic E-state index is 11.3. The Balaban J connectivity index is -0.00000144. The molecule has 0 aliphatic rings. The monoisotopic (exact) mass is 262 g/mol. The number of carbonyl (C=O) groups excluding carboxylic acids is 2. The third-order valence-electron chi connectivity index (χ3n) is 2.30. The van der Waals surface area contributed by atoms with Crippen molar-refractivity contribution in [2.45, 2.75) is 46.6 Å². The Kier molecular flexibility index (Phi) is 9.28. The molecule has 0 aliphatic heterocycles. The fourth-order valence-corrected chi connectivity index (χ4v) is 1.19. The quantitative estimate of drug-likeness (QED) is 0.620. The van der Waals surface area contributed by atoms with E-state index < -0.39 is 0 Å². The molecule has 0 rings (SSSR count). The van der Waals surface area contributed by atoms with E-state index in [-0.39, 0.29) is 33.3 Å². The van der Waals surface area contributed by atoms with Gasteiger partial charge in [-0.2, -0.15) is 0 Å². The summed E-state index contributed by atoms with van der Waals surface area (Å²) in [7, 11) is 0. The summed E-state index contributed by atoms with van der Waals surface area (Å²) < 4.78 is 5.17. The fourth-order valence-electron chi connectivity index (χ4n) is 1.19. The van der Waals surface area contributed by atoms with Crippen molar-refractivity contribution in [3.05, 3.63) is 0 Å². The minimum atomic E-state index is -0.0880. The van der Waals surface area contributed by atoms with E-state index in [1.807, 2.05) is 27.7 Å². The Morgan fingerprint density at radius 2 is 1.61 bits per heavy atom. The molecule has 0 saturated carbocycles. The van der Waals surface area contributed by atoms with Gasteiger partial charge in [-0.15, -0.1) is 0 Å². The van der Waals surface area contributed by atoms with E-state index in [0.717, 1.165) is 12.8 Å². The lowest BCUT2D eigenvalue weighted by Crippen LogP contribution is -2.31. The minimum Gasteiger partial charge on any atom is -0.369 e. The standard InChI is InChI=1S/C13H26N2O3.2H2/c1-10(2)13(17)15-8-6-5-7-14-12(16)9-18-11(3)4;;/h10-11H,5-9H2,1-4H3,(H,14,16)(H,15,17);2*1H. The lowest BCUT2D eigenvalue weighted by molar-refractivity contribution is -0.127. The van der Waals surface area contributed by atoms with Gasteiger partial charge < -0.3 is 15.4 Å². The summed E-state index contributed by atoms with van der Waals surface area (Å²) in [5, 5.41) is 5.61. The summed E-state index contributed by atoms with van der Waals surface area (Å²) in [5.41, 5.74) is 0. The first-order valence-corrected chi connectivity index (χ1v) is 6.59. The highest BCUT2D eigenvalue weighted by atomic mass is 16.5. The molecule has 2 N–H and O–H groups in total. The third-order valence-corrected chi connectivity index (χ3v) is 2.30. The van der Waals surface area contributed by atoms with Crippen molar-refractivity contribution >= 4 is 11.8 Å². The Bertz CT molecular complexity index is 262. The normalized spacial score (nSPS) is 10.8. The Morgan fingerprint density at radius 1 is 1.06 bits per heavy atom. The lowest BCUT2D eigenvalue weighted by atomic mass is 10.2. The van der Waals surface area contributed by atoms with E-state index >= 15 is 0 Å². The largest absolute Gasteiger partial charge is 0.369 e. The number of nitrogens with one attached hydrogen (secondary N) is 2. The van der Waals surface area contributed by atoms with Crippen LogP contribution in [0.15, 0.2) is 0 Å². The molecule has 0 aliphatic carbocycles. The van der Waals surface area contributed by atoms with Gasteiger partial charge in [-0.1, -0.05) is 13.8 Å². The van der Waals surface area contributed by atoms with Gasteiger partial charge in [0.1, 0.15) is 6.61 Å². The third kappa shape index (κ3) is 10.1. The maximum Gasteiger partial charge on any atom is 0.246 e. The summed E-state index contributed by atoms with van der Waals surface area (Å²) in [6, 6.07) is 0. The minimum absolute atomic E-state index is 0. The molecule has 5 heteroatoms. The highest BCUT2D eigenvalue weighted by Crippen LogP contribution is 1.92. The molecule has 0 unspecified atom stereocenters. The Labute approximate surface area is 113 Å². The molecule has 5 nitrogen and oxygen atoms in total. The van der Waals surface area contributed by atoms with Gasteiger partial charge in [-0.3, -0.25) is 9.59 Å². The van der Waals surface area contributed by atoms with Crippen LogP contribution in [0.5, 0.6) is 0 Å². The molecule has 0 aromatic carbocycles. The molecule has 18 heavy (non-hydrogen) atoms. The molecule has 0 saturated heterocycles. The second kappa shape index (κ2) is 9.88. The van der Waals surface area contributed by atoms with Crippen molar-refractivity contribution in [2.24, 2.45) is 5.92 Å². The average Bonchev–Trinajstić information content (AvgIpc) is 2.30. The second-order valence-electron chi connectivity index (χ2n) is 4.86.